The van der Waals surface area contributed by atoms with Gasteiger partial charge in [-0.05, 0) is 41.9 Å². The number of hydrogen-bond acceptors (Lipinski definition) is 1. The Balaban J connectivity index is 2.23. The van der Waals surface area contributed by atoms with Gasteiger partial charge in [-0.25, -0.2) is 0 Å². The number of benzene rings is 1. The maximum absolute atomic E-state index is 5.46. The molecule has 1 aromatic rings. The highest BCUT2D eigenvalue weighted by molar-refractivity contribution is 5.71. The summed E-state index contributed by atoms with van der Waals surface area (Å²) in [6.07, 6.45) is 4.55. The van der Waals surface area contributed by atoms with Crippen LogP contribution in [0.1, 0.15) is 44.7 Å². The zero-order chi connectivity index (χ0) is 12.3. The Hall–Kier alpha value is -1.08. The van der Waals surface area contributed by atoms with Gasteiger partial charge in [0.15, 0.2) is 0 Å². The minimum atomic E-state index is 0.270. The van der Waals surface area contributed by atoms with Gasteiger partial charge < -0.3 is 4.74 Å². The molecule has 0 spiro atoms. The van der Waals surface area contributed by atoms with E-state index in [9.17, 15) is 0 Å². The van der Waals surface area contributed by atoms with E-state index in [0.29, 0.717) is 0 Å². The van der Waals surface area contributed by atoms with Crippen LogP contribution >= 0.6 is 0 Å². The minimum Gasteiger partial charge on any atom is -0.381 e. The van der Waals surface area contributed by atoms with Crippen molar-refractivity contribution in [1.82, 2.24) is 0 Å². The van der Waals surface area contributed by atoms with Gasteiger partial charge in [-0.3, -0.25) is 0 Å². The average Bonchev–Trinajstić information content (AvgIpc) is 2.33. The van der Waals surface area contributed by atoms with Gasteiger partial charge in [0.2, 0.25) is 0 Å². The van der Waals surface area contributed by atoms with Crippen LogP contribution in [0.3, 0.4) is 0 Å². The number of fused-ring (bicyclic) bond motifs is 1. The van der Waals surface area contributed by atoms with Crippen LogP contribution in [-0.4, -0.2) is 13.2 Å². The van der Waals surface area contributed by atoms with Crippen molar-refractivity contribution in [2.75, 3.05) is 13.2 Å². The fourth-order valence-corrected chi connectivity index (χ4v) is 2.51. The third kappa shape index (κ3) is 2.61. The van der Waals surface area contributed by atoms with Gasteiger partial charge in [0, 0.05) is 6.61 Å². The molecule has 0 radical (unpaired) electrons. The fraction of sp³-hybridized carbons (Fsp3) is 0.500. The summed E-state index contributed by atoms with van der Waals surface area (Å²) in [7, 11) is 0. The fourth-order valence-electron chi connectivity index (χ4n) is 2.51. The predicted octanol–water partition coefficient (Wildman–Crippen LogP) is 4.18. The van der Waals surface area contributed by atoms with Gasteiger partial charge in [0.1, 0.15) is 0 Å². The quantitative estimate of drug-likeness (QED) is 0.705. The van der Waals surface area contributed by atoms with Gasteiger partial charge in [-0.15, -0.1) is 0 Å². The van der Waals surface area contributed by atoms with E-state index in [-0.39, 0.29) is 5.41 Å². The summed E-state index contributed by atoms with van der Waals surface area (Å²) in [6, 6.07) is 8.79. The van der Waals surface area contributed by atoms with E-state index in [4.69, 9.17) is 4.74 Å². The van der Waals surface area contributed by atoms with E-state index in [2.05, 4.69) is 44.2 Å². The van der Waals surface area contributed by atoms with Crippen LogP contribution in [-0.2, 0) is 10.2 Å². The molecule has 0 saturated heterocycles. The van der Waals surface area contributed by atoms with E-state index >= 15 is 0 Å². The van der Waals surface area contributed by atoms with Crippen LogP contribution in [0.15, 0.2) is 30.3 Å². The molecule has 0 unspecified atom stereocenters. The largest absolute Gasteiger partial charge is 0.381 e. The molecule has 1 aliphatic rings. The second-order valence-corrected chi connectivity index (χ2v) is 5.31. The molecule has 0 heterocycles. The summed E-state index contributed by atoms with van der Waals surface area (Å²) in [5.74, 6) is 0. The average molecular weight is 230 g/mol. The first kappa shape index (κ1) is 12.4. The van der Waals surface area contributed by atoms with Crippen LogP contribution in [0.4, 0.5) is 0 Å². The number of allylic oxidation sites excluding steroid dienone is 1. The van der Waals surface area contributed by atoms with Crippen molar-refractivity contribution in [3.05, 3.63) is 41.5 Å². The molecular weight excluding hydrogens is 208 g/mol. The van der Waals surface area contributed by atoms with E-state index in [1.807, 2.05) is 6.92 Å². The Labute approximate surface area is 104 Å². The first-order valence-electron chi connectivity index (χ1n) is 6.52. The highest BCUT2D eigenvalue weighted by Crippen LogP contribution is 2.39. The third-order valence-electron chi connectivity index (χ3n) is 3.58. The maximum atomic E-state index is 5.46. The molecule has 0 aliphatic heterocycles. The van der Waals surface area contributed by atoms with Crippen molar-refractivity contribution in [2.24, 2.45) is 0 Å². The molecule has 0 fully saturated rings. The molecule has 1 nitrogen and oxygen atoms in total. The zero-order valence-electron chi connectivity index (χ0n) is 11.1. The first-order chi connectivity index (χ1) is 8.15. The topological polar surface area (TPSA) is 9.23 Å². The highest BCUT2D eigenvalue weighted by Gasteiger charge is 2.27. The third-order valence-corrected chi connectivity index (χ3v) is 3.58. The SMILES string of the molecule is CCOCCC1=CCC(C)(C)c2ccccc21. The summed E-state index contributed by atoms with van der Waals surface area (Å²) >= 11 is 0. The second-order valence-electron chi connectivity index (χ2n) is 5.31. The summed E-state index contributed by atoms with van der Waals surface area (Å²) in [5.41, 5.74) is 4.62. The Morgan fingerprint density at radius 2 is 2.00 bits per heavy atom. The van der Waals surface area contributed by atoms with Gasteiger partial charge in [0.25, 0.3) is 0 Å². The van der Waals surface area contributed by atoms with Crippen molar-refractivity contribution in [2.45, 2.75) is 39.0 Å². The molecule has 1 heteroatoms. The molecule has 0 amide bonds. The summed E-state index contributed by atoms with van der Waals surface area (Å²) in [4.78, 5) is 0. The molecule has 1 aromatic carbocycles. The van der Waals surface area contributed by atoms with Crippen LogP contribution in [0, 0.1) is 0 Å². The smallest absolute Gasteiger partial charge is 0.0506 e. The number of hydrogen-bond donors (Lipinski definition) is 0. The minimum absolute atomic E-state index is 0.270. The number of rotatable bonds is 4. The molecule has 0 saturated carbocycles. The second kappa shape index (κ2) is 5.05. The lowest BCUT2D eigenvalue weighted by Gasteiger charge is -2.32. The monoisotopic (exact) mass is 230 g/mol. The van der Waals surface area contributed by atoms with E-state index in [1.165, 1.54) is 16.7 Å². The van der Waals surface area contributed by atoms with E-state index < -0.39 is 0 Å². The van der Waals surface area contributed by atoms with Crippen LogP contribution < -0.4 is 0 Å². The van der Waals surface area contributed by atoms with Gasteiger partial charge in [0.05, 0.1) is 6.61 Å². The normalized spacial score (nSPS) is 17.5. The van der Waals surface area contributed by atoms with Crippen molar-refractivity contribution >= 4 is 5.57 Å². The summed E-state index contributed by atoms with van der Waals surface area (Å²) < 4.78 is 5.46. The van der Waals surface area contributed by atoms with Gasteiger partial charge in [-0.2, -0.15) is 0 Å². The van der Waals surface area contributed by atoms with Crippen molar-refractivity contribution < 1.29 is 4.74 Å². The lowest BCUT2D eigenvalue weighted by molar-refractivity contribution is 0.153. The van der Waals surface area contributed by atoms with Crippen molar-refractivity contribution in [1.29, 1.82) is 0 Å². The van der Waals surface area contributed by atoms with E-state index in [1.54, 1.807) is 0 Å². The van der Waals surface area contributed by atoms with Gasteiger partial charge in [-0.1, -0.05) is 44.2 Å². The Morgan fingerprint density at radius 1 is 1.24 bits per heavy atom. The Bertz CT molecular complexity index is 415. The highest BCUT2D eigenvalue weighted by atomic mass is 16.5. The lowest BCUT2D eigenvalue weighted by Crippen LogP contribution is -2.21. The zero-order valence-corrected chi connectivity index (χ0v) is 11.1. The van der Waals surface area contributed by atoms with E-state index in [0.717, 1.165) is 26.1 Å². The van der Waals surface area contributed by atoms with Crippen LogP contribution in [0.5, 0.6) is 0 Å². The first-order valence-corrected chi connectivity index (χ1v) is 6.52. The molecule has 0 N–H and O–H groups in total. The van der Waals surface area contributed by atoms with Crippen LogP contribution in [0.25, 0.3) is 5.57 Å². The van der Waals surface area contributed by atoms with Gasteiger partial charge >= 0.3 is 0 Å². The summed E-state index contributed by atoms with van der Waals surface area (Å²) in [5, 5.41) is 0. The molecular formula is C16H22O. The molecule has 0 aromatic heterocycles. The molecule has 92 valence electrons. The molecule has 2 rings (SSSR count). The van der Waals surface area contributed by atoms with Crippen molar-refractivity contribution in [3.8, 4) is 0 Å². The van der Waals surface area contributed by atoms with Crippen LogP contribution in [0.2, 0.25) is 0 Å². The molecule has 17 heavy (non-hydrogen) atoms. The molecule has 1 aliphatic carbocycles. The standard InChI is InChI=1S/C16H22O/c1-4-17-12-10-13-9-11-16(2,3)15-8-6-5-7-14(13)15/h5-9H,4,10-12H2,1-3H3. The lowest BCUT2D eigenvalue weighted by atomic mass is 9.73. The summed E-state index contributed by atoms with van der Waals surface area (Å²) in [6.45, 7) is 8.33. The number of ether oxygens (including phenoxy) is 1. The van der Waals surface area contributed by atoms with Crippen molar-refractivity contribution in [3.63, 3.8) is 0 Å². The molecule has 0 bridgehead atoms. The maximum Gasteiger partial charge on any atom is 0.0506 e. The predicted molar refractivity (Wildman–Crippen MR) is 73.2 cm³/mol. The Kier molecular flexibility index (Phi) is 3.68. The Morgan fingerprint density at radius 3 is 2.76 bits per heavy atom. The molecule has 0 atom stereocenters.